The summed E-state index contributed by atoms with van der Waals surface area (Å²) in [4.78, 5) is 44.8. The number of pyridine rings is 1. The molecule has 0 bridgehead atoms. The Morgan fingerprint density at radius 1 is 1.10 bits per heavy atom. The van der Waals surface area contributed by atoms with E-state index in [1.807, 2.05) is 0 Å². The first-order chi connectivity index (χ1) is 19.3. The highest BCUT2D eigenvalue weighted by Crippen LogP contribution is 2.46. The lowest BCUT2D eigenvalue weighted by atomic mass is 9.93. The predicted octanol–water partition coefficient (Wildman–Crippen LogP) is 5.44. The van der Waals surface area contributed by atoms with Gasteiger partial charge in [-0.3, -0.25) is 14.6 Å². The minimum absolute atomic E-state index is 0.0785. The van der Waals surface area contributed by atoms with Crippen molar-refractivity contribution in [2.24, 2.45) is 0 Å². The fourth-order valence-electron chi connectivity index (χ4n) is 5.15. The summed E-state index contributed by atoms with van der Waals surface area (Å²) in [5.74, 6) is -3.03. The smallest absolute Gasteiger partial charge is 0.418 e. The average molecular weight is 574 g/mol. The van der Waals surface area contributed by atoms with Crippen LogP contribution in [0.5, 0.6) is 0 Å². The molecule has 1 fully saturated rings. The molecule has 2 aromatic carbocycles. The molecule has 0 unspecified atom stereocenters. The number of ether oxygens (including phenoxy) is 1. The third-order valence-corrected chi connectivity index (χ3v) is 7.50. The van der Waals surface area contributed by atoms with Crippen molar-refractivity contribution in [3.8, 4) is 11.3 Å². The number of aromatic nitrogens is 1. The van der Waals surface area contributed by atoms with Crippen LogP contribution in [-0.2, 0) is 32.9 Å². The molecular formula is C29H24F5N3O4. The molecule has 1 saturated heterocycles. The summed E-state index contributed by atoms with van der Waals surface area (Å²) in [6.07, 6.45) is -5.52. The lowest BCUT2D eigenvalue weighted by molar-refractivity contribution is -0.187. The van der Waals surface area contributed by atoms with Crippen LogP contribution >= 0.6 is 0 Å². The summed E-state index contributed by atoms with van der Waals surface area (Å²) in [6, 6.07) is 10.2. The summed E-state index contributed by atoms with van der Waals surface area (Å²) in [7, 11) is 0. The number of rotatable bonds is 6. The Balaban J connectivity index is 1.39. The minimum Gasteiger partial charge on any atom is -0.427 e. The summed E-state index contributed by atoms with van der Waals surface area (Å²) in [6.45, 7) is 0.830. The van der Waals surface area contributed by atoms with Gasteiger partial charge in [0.15, 0.2) is 0 Å². The highest BCUT2D eigenvalue weighted by Gasteiger charge is 2.58. The molecule has 5 rings (SSSR count). The zero-order chi connectivity index (χ0) is 29.7. The Kier molecular flexibility index (Phi) is 7.04. The number of benzene rings is 2. The number of hydrogen-bond donors (Lipinski definition) is 0. The van der Waals surface area contributed by atoms with Crippen LogP contribution in [0.1, 0.15) is 35.7 Å². The lowest BCUT2D eigenvalue weighted by Gasteiger charge is -2.31. The number of nitrogens with zero attached hydrogens (tertiary/aromatic N) is 3. The summed E-state index contributed by atoms with van der Waals surface area (Å²) >= 11 is 0. The number of aryl methyl sites for hydroxylation is 2. The molecule has 214 valence electrons. The molecule has 12 heteroatoms. The second-order valence-corrected chi connectivity index (χ2v) is 10.1. The highest BCUT2D eigenvalue weighted by atomic mass is 19.4. The van der Waals surface area contributed by atoms with Crippen molar-refractivity contribution >= 4 is 17.9 Å². The SMILES string of the molecule is Cc1nc(-c2ccc3c(c2)CC[C@@]32OC(=O)N(CC(=O)N(Cc3ccc(F)cc3)[C@@H](C)C(F)(F)F)C2=O)ccc1F. The first kappa shape index (κ1) is 28.2. The number of hydrogen-bond acceptors (Lipinski definition) is 5. The molecule has 0 N–H and O–H groups in total. The van der Waals surface area contributed by atoms with Gasteiger partial charge in [-0.25, -0.2) is 18.5 Å². The largest absolute Gasteiger partial charge is 0.427 e. The van der Waals surface area contributed by atoms with Gasteiger partial charge < -0.3 is 9.64 Å². The van der Waals surface area contributed by atoms with E-state index in [9.17, 15) is 36.3 Å². The van der Waals surface area contributed by atoms with Crippen molar-refractivity contribution in [1.29, 1.82) is 0 Å². The van der Waals surface area contributed by atoms with E-state index < -0.39 is 60.5 Å². The van der Waals surface area contributed by atoms with Crippen LogP contribution in [0.15, 0.2) is 54.6 Å². The van der Waals surface area contributed by atoms with Crippen molar-refractivity contribution in [2.45, 2.75) is 51.1 Å². The number of amides is 3. The minimum atomic E-state index is -4.80. The maximum absolute atomic E-state index is 13.7. The molecule has 1 aliphatic heterocycles. The molecule has 0 saturated carbocycles. The van der Waals surface area contributed by atoms with Gasteiger partial charge in [0.1, 0.15) is 24.2 Å². The highest BCUT2D eigenvalue weighted by molar-refractivity contribution is 6.06. The van der Waals surface area contributed by atoms with Crippen LogP contribution in [0.4, 0.5) is 26.7 Å². The van der Waals surface area contributed by atoms with Crippen molar-refractivity contribution in [3.05, 3.63) is 88.6 Å². The van der Waals surface area contributed by atoms with Crippen LogP contribution in [-0.4, -0.2) is 51.5 Å². The van der Waals surface area contributed by atoms with Crippen LogP contribution in [0, 0.1) is 18.6 Å². The predicted molar refractivity (Wildman–Crippen MR) is 135 cm³/mol. The number of alkyl halides is 3. The Labute approximate surface area is 231 Å². The van der Waals surface area contributed by atoms with Crippen molar-refractivity contribution in [1.82, 2.24) is 14.8 Å². The quantitative estimate of drug-likeness (QED) is 0.368. The van der Waals surface area contributed by atoms with E-state index in [0.29, 0.717) is 38.6 Å². The van der Waals surface area contributed by atoms with E-state index in [0.717, 1.165) is 19.1 Å². The molecular weight excluding hydrogens is 549 g/mol. The fraction of sp³-hybridized carbons (Fsp3) is 0.310. The van der Waals surface area contributed by atoms with Crippen LogP contribution in [0.2, 0.25) is 0 Å². The van der Waals surface area contributed by atoms with Crippen LogP contribution in [0.3, 0.4) is 0 Å². The van der Waals surface area contributed by atoms with Gasteiger partial charge in [-0.15, -0.1) is 0 Å². The third kappa shape index (κ3) is 5.14. The number of fused-ring (bicyclic) bond motifs is 2. The molecule has 3 aromatic rings. The number of halogens is 5. The Morgan fingerprint density at radius 2 is 1.80 bits per heavy atom. The molecule has 7 nitrogen and oxygen atoms in total. The Bertz CT molecular complexity index is 1540. The summed E-state index contributed by atoms with van der Waals surface area (Å²) < 4.78 is 73.4. The molecule has 3 amide bonds. The normalized spacial score (nSPS) is 19.0. The van der Waals surface area contributed by atoms with Gasteiger partial charge in [0.05, 0.1) is 11.4 Å². The molecule has 0 radical (unpaired) electrons. The van der Waals surface area contributed by atoms with E-state index in [4.69, 9.17) is 4.74 Å². The zero-order valence-electron chi connectivity index (χ0n) is 22.0. The number of carbonyl (C=O) groups excluding carboxylic acids is 3. The van der Waals surface area contributed by atoms with Gasteiger partial charge in [-0.05, 0) is 61.7 Å². The summed E-state index contributed by atoms with van der Waals surface area (Å²) in [5, 5.41) is 0. The van der Waals surface area contributed by atoms with Gasteiger partial charge >= 0.3 is 12.3 Å². The van der Waals surface area contributed by atoms with E-state index in [-0.39, 0.29) is 17.7 Å². The summed E-state index contributed by atoms with van der Waals surface area (Å²) in [5.41, 5.74) is 0.987. The molecule has 1 aromatic heterocycles. The zero-order valence-corrected chi connectivity index (χ0v) is 22.0. The van der Waals surface area contributed by atoms with Crippen LogP contribution < -0.4 is 0 Å². The molecule has 2 heterocycles. The maximum atomic E-state index is 13.7. The van der Waals surface area contributed by atoms with Gasteiger partial charge in [0.25, 0.3) is 5.91 Å². The molecule has 1 aliphatic carbocycles. The maximum Gasteiger partial charge on any atom is 0.418 e. The Hall–Kier alpha value is -4.35. The second-order valence-electron chi connectivity index (χ2n) is 10.1. The van der Waals surface area contributed by atoms with E-state index in [1.54, 1.807) is 18.2 Å². The first-order valence-corrected chi connectivity index (χ1v) is 12.7. The van der Waals surface area contributed by atoms with Gasteiger partial charge in [0.2, 0.25) is 11.5 Å². The monoisotopic (exact) mass is 573 g/mol. The van der Waals surface area contributed by atoms with Crippen molar-refractivity contribution in [2.75, 3.05) is 6.54 Å². The Morgan fingerprint density at radius 3 is 2.46 bits per heavy atom. The second kappa shape index (κ2) is 10.2. The number of imide groups is 1. The van der Waals surface area contributed by atoms with E-state index in [1.165, 1.54) is 31.2 Å². The van der Waals surface area contributed by atoms with E-state index in [2.05, 4.69) is 4.98 Å². The van der Waals surface area contributed by atoms with Crippen LogP contribution in [0.25, 0.3) is 11.3 Å². The molecule has 2 atom stereocenters. The topological polar surface area (TPSA) is 79.8 Å². The van der Waals surface area contributed by atoms with Gasteiger partial charge in [-0.2, -0.15) is 13.2 Å². The van der Waals surface area contributed by atoms with E-state index >= 15 is 0 Å². The van der Waals surface area contributed by atoms with Gasteiger partial charge in [0, 0.05) is 24.1 Å². The third-order valence-electron chi connectivity index (χ3n) is 7.50. The number of carbonyl (C=O) groups is 3. The fourth-order valence-corrected chi connectivity index (χ4v) is 5.15. The van der Waals surface area contributed by atoms with Gasteiger partial charge in [-0.1, -0.05) is 24.3 Å². The van der Waals surface area contributed by atoms with Crippen molar-refractivity contribution < 1.29 is 41.1 Å². The standard InChI is InChI=1S/C29H24F5N3O4/c1-16-23(31)9-10-24(35-16)20-5-8-22-19(13-20)11-12-28(22)26(39)37(27(40)41-28)15-25(38)36(17(2)29(32,33)34)14-18-3-6-21(30)7-4-18/h3-10,13,17H,11-12,14-15H2,1-2H3/t17-,28+/m0/s1. The molecule has 41 heavy (non-hydrogen) atoms. The molecule has 1 spiro atoms. The average Bonchev–Trinajstić information content (AvgIpc) is 3.40. The molecule has 2 aliphatic rings. The first-order valence-electron chi connectivity index (χ1n) is 12.7. The lowest BCUT2D eigenvalue weighted by Crippen LogP contribution is -2.51. The van der Waals surface area contributed by atoms with Crippen molar-refractivity contribution in [3.63, 3.8) is 0 Å².